The number of hydrogen-bond acceptors (Lipinski definition) is 5. The summed E-state index contributed by atoms with van der Waals surface area (Å²) in [5, 5.41) is 1.29. The van der Waals surface area contributed by atoms with Crippen LogP contribution >= 0.6 is 0 Å². The van der Waals surface area contributed by atoms with Crippen molar-refractivity contribution in [1.82, 2.24) is 4.98 Å². The molecule has 1 aromatic heterocycles. The van der Waals surface area contributed by atoms with Crippen LogP contribution in [0, 0.1) is 0 Å². The van der Waals surface area contributed by atoms with Gasteiger partial charge in [-0.1, -0.05) is 37.3 Å². The summed E-state index contributed by atoms with van der Waals surface area (Å²) >= 11 is 0. The molecule has 124 valence electrons. The minimum atomic E-state index is -4.00. The molecule has 3 aromatic rings. The minimum Gasteiger partial charge on any atom is -0.493 e. The normalized spacial score (nSPS) is 11.4. The van der Waals surface area contributed by atoms with Crippen LogP contribution in [0.4, 0.5) is 0 Å². The van der Waals surface area contributed by atoms with Crippen molar-refractivity contribution in [2.24, 2.45) is 0 Å². The smallest absolute Gasteiger partial charge is 0.341 e. The van der Waals surface area contributed by atoms with Gasteiger partial charge in [-0.15, -0.1) is 0 Å². The molecule has 5 nitrogen and oxygen atoms in total. The minimum absolute atomic E-state index is 0.0351. The summed E-state index contributed by atoms with van der Waals surface area (Å²) in [6.45, 7) is 2.59. The van der Waals surface area contributed by atoms with Gasteiger partial charge in [-0.05, 0) is 24.6 Å². The average Bonchev–Trinajstić information content (AvgIpc) is 2.60. The highest BCUT2D eigenvalue weighted by Crippen LogP contribution is 2.32. The van der Waals surface area contributed by atoms with E-state index in [4.69, 9.17) is 8.92 Å². The molecule has 2 aromatic carbocycles. The van der Waals surface area contributed by atoms with Crippen LogP contribution in [-0.2, 0) is 10.1 Å². The summed E-state index contributed by atoms with van der Waals surface area (Å²) in [4.78, 5) is 3.99. The summed E-state index contributed by atoms with van der Waals surface area (Å²) in [6.07, 6.45) is 2.35. The molecule has 0 N–H and O–H groups in total. The van der Waals surface area contributed by atoms with Gasteiger partial charge in [0.1, 0.15) is 10.6 Å². The van der Waals surface area contributed by atoms with Gasteiger partial charge in [0.15, 0.2) is 0 Å². The SMILES string of the molecule is CCCOc1ccc(S(=O)(=O)Oc2ccccn2)c2ccccc12. The van der Waals surface area contributed by atoms with Gasteiger partial charge in [0, 0.05) is 23.0 Å². The molecule has 0 bridgehead atoms. The van der Waals surface area contributed by atoms with Crippen molar-refractivity contribution in [2.75, 3.05) is 6.61 Å². The predicted octanol–water partition coefficient (Wildman–Crippen LogP) is 3.79. The van der Waals surface area contributed by atoms with E-state index >= 15 is 0 Å². The molecule has 6 heteroatoms. The number of rotatable bonds is 6. The van der Waals surface area contributed by atoms with E-state index < -0.39 is 10.1 Å². The first-order chi connectivity index (χ1) is 11.6. The monoisotopic (exact) mass is 343 g/mol. The maximum absolute atomic E-state index is 12.6. The number of pyridine rings is 1. The molecule has 0 radical (unpaired) electrons. The highest BCUT2D eigenvalue weighted by Gasteiger charge is 2.21. The van der Waals surface area contributed by atoms with E-state index in [2.05, 4.69) is 4.98 Å². The van der Waals surface area contributed by atoms with Crippen molar-refractivity contribution < 1.29 is 17.3 Å². The molecule has 0 unspecified atom stereocenters. The Hall–Kier alpha value is -2.60. The standard InChI is InChI=1S/C18H17NO4S/c1-2-13-22-16-10-11-17(15-8-4-3-7-14(15)16)24(20,21)23-18-9-5-6-12-19-18/h3-12H,2,13H2,1H3. The van der Waals surface area contributed by atoms with E-state index in [0.717, 1.165) is 11.8 Å². The average molecular weight is 343 g/mol. The summed E-state index contributed by atoms with van der Waals surface area (Å²) in [6, 6.07) is 15.2. The Balaban J connectivity index is 2.06. The number of nitrogens with zero attached hydrogens (tertiary/aromatic N) is 1. The Morgan fingerprint density at radius 2 is 1.71 bits per heavy atom. The van der Waals surface area contributed by atoms with Crippen LogP contribution in [0.5, 0.6) is 11.6 Å². The van der Waals surface area contributed by atoms with Crippen LogP contribution in [0.1, 0.15) is 13.3 Å². The third kappa shape index (κ3) is 3.33. The summed E-state index contributed by atoms with van der Waals surface area (Å²) in [7, 11) is -4.00. The van der Waals surface area contributed by atoms with Crippen molar-refractivity contribution in [3.8, 4) is 11.6 Å². The van der Waals surface area contributed by atoms with Gasteiger partial charge < -0.3 is 8.92 Å². The molecule has 0 fully saturated rings. The lowest BCUT2D eigenvalue weighted by Crippen LogP contribution is -2.11. The molecule has 3 rings (SSSR count). The quantitative estimate of drug-likeness (QED) is 0.637. The van der Waals surface area contributed by atoms with Gasteiger partial charge in [0.25, 0.3) is 0 Å². The molecule has 0 amide bonds. The molecule has 0 atom stereocenters. The molecule has 0 aliphatic rings. The first-order valence-electron chi connectivity index (χ1n) is 7.62. The lowest BCUT2D eigenvalue weighted by molar-refractivity contribution is 0.321. The zero-order chi connectivity index (χ0) is 17.0. The van der Waals surface area contributed by atoms with Crippen LogP contribution in [0.3, 0.4) is 0 Å². The Morgan fingerprint density at radius 1 is 0.958 bits per heavy atom. The molecule has 0 spiro atoms. The number of fused-ring (bicyclic) bond motifs is 1. The first-order valence-corrected chi connectivity index (χ1v) is 9.02. The van der Waals surface area contributed by atoms with E-state index in [-0.39, 0.29) is 10.8 Å². The highest BCUT2D eigenvalue weighted by atomic mass is 32.2. The highest BCUT2D eigenvalue weighted by molar-refractivity contribution is 7.87. The second kappa shape index (κ2) is 6.88. The number of ether oxygens (including phenoxy) is 1. The van der Waals surface area contributed by atoms with Gasteiger partial charge in [0.05, 0.1) is 6.61 Å². The molecular formula is C18H17NO4S. The zero-order valence-electron chi connectivity index (χ0n) is 13.2. The van der Waals surface area contributed by atoms with Gasteiger partial charge in [0.2, 0.25) is 5.88 Å². The van der Waals surface area contributed by atoms with Gasteiger partial charge in [-0.25, -0.2) is 4.98 Å². The Morgan fingerprint density at radius 3 is 2.42 bits per heavy atom. The van der Waals surface area contributed by atoms with Gasteiger partial charge >= 0.3 is 10.1 Å². The molecular weight excluding hydrogens is 326 g/mol. The van der Waals surface area contributed by atoms with Crippen molar-refractivity contribution in [3.63, 3.8) is 0 Å². The van der Waals surface area contributed by atoms with Gasteiger partial charge in [-0.2, -0.15) is 8.42 Å². The second-order valence-corrected chi connectivity index (χ2v) is 6.68. The predicted molar refractivity (Wildman–Crippen MR) is 91.8 cm³/mol. The Kier molecular flexibility index (Phi) is 4.66. The van der Waals surface area contributed by atoms with E-state index in [1.807, 2.05) is 19.1 Å². The molecule has 0 aliphatic carbocycles. The third-order valence-corrected chi connectivity index (χ3v) is 4.69. The molecule has 1 heterocycles. The number of hydrogen-bond donors (Lipinski definition) is 0. The van der Waals surface area contributed by atoms with E-state index in [9.17, 15) is 8.42 Å². The largest absolute Gasteiger partial charge is 0.493 e. The van der Waals surface area contributed by atoms with Crippen molar-refractivity contribution in [3.05, 3.63) is 60.8 Å². The van der Waals surface area contributed by atoms with E-state index in [1.165, 1.54) is 18.3 Å². The lowest BCUT2D eigenvalue weighted by Gasteiger charge is -2.12. The van der Waals surface area contributed by atoms with Crippen LogP contribution in [0.25, 0.3) is 10.8 Å². The summed E-state index contributed by atoms with van der Waals surface area (Å²) in [5.41, 5.74) is 0. The number of aromatic nitrogens is 1. The van der Waals surface area contributed by atoms with Crippen LogP contribution in [0.15, 0.2) is 65.7 Å². The fraction of sp³-hybridized carbons (Fsp3) is 0.167. The Labute approximate surface area is 141 Å². The molecule has 0 saturated heterocycles. The van der Waals surface area contributed by atoms with Crippen molar-refractivity contribution >= 4 is 20.9 Å². The second-order valence-electron chi connectivity index (χ2n) is 5.16. The Bertz CT molecular complexity index is 940. The van der Waals surface area contributed by atoms with Crippen LogP contribution in [0.2, 0.25) is 0 Å². The molecule has 0 aliphatic heterocycles. The van der Waals surface area contributed by atoms with Gasteiger partial charge in [-0.3, -0.25) is 0 Å². The van der Waals surface area contributed by atoms with Crippen LogP contribution < -0.4 is 8.92 Å². The summed E-state index contributed by atoms with van der Waals surface area (Å²) in [5.74, 6) is 0.692. The maximum atomic E-state index is 12.6. The zero-order valence-corrected chi connectivity index (χ0v) is 14.0. The first kappa shape index (κ1) is 16.3. The van der Waals surface area contributed by atoms with Crippen molar-refractivity contribution in [1.29, 1.82) is 0 Å². The molecule has 24 heavy (non-hydrogen) atoms. The summed E-state index contributed by atoms with van der Waals surface area (Å²) < 4.78 is 36.1. The van der Waals surface area contributed by atoms with E-state index in [1.54, 1.807) is 30.3 Å². The number of benzene rings is 2. The lowest BCUT2D eigenvalue weighted by atomic mass is 10.1. The topological polar surface area (TPSA) is 65.5 Å². The van der Waals surface area contributed by atoms with Crippen molar-refractivity contribution in [2.45, 2.75) is 18.2 Å². The van der Waals surface area contributed by atoms with E-state index in [0.29, 0.717) is 17.7 Å². The molecule has 0 saturated carbocycles. The fourth-order valence-corrected chi connectivity index (χ4v) is 3.45. The third-order valence-electron chi connectivity index (χ3n) is 3.41. The van der Waals surface area contributed by atoms with Crippen LogP contribution in [-0.4, -0.2) is 20.0 Å². The fourth-order valence-electron chi connectivity index (χ4n) is 2.35. The maximum Gasteiger partial charge on any atom is 0.341 e.